The largest absolute Gasteiger partial charge is 0.506 e. The average molecular weight is 206 g/mol. The topological polar surface area (TPSA) is 3.24 Å². The Labute approximate surface area is 83.0 Å². The molecular weight excluding hydrogens is 190 g/mol. The zero-order valence-electron chi connectivity index (χ0n) is 8.64. The standard InChI is InChI=1S/C9H16BF3N/c1-7(10(11,12)13)6-14(3)8(2)9-4-5-9/h8-9H,1,4-6H2,2-3H3/q-1. The Balaban J connectivity index is 2.39. The van der Waals surface area contributed by atoms with Gasteiger partial charge in [0, 0.05) is 6.04 Å². The molecule has 0 amide bonds. The molecule has 1 saturated carbocycles. The first-order valence-electron chi connectivity index (χ1n) is 4.90. The maximum absolute atomic E-state index is 12.2. The SMILES string of the molecule is C=C(CN(C)C(C)C1CC1)[B-](F)(F)F. The zero-order chi connectivity index (χ0) is 10.9. The molecule has 14 heavy (non-hydrogen) atoms. The van der Waals surface area contributed by atoms with Gasteiger partial charge in [-0.05, 0) is 39.3 Å². The Morgan fingerprint density at radius 3 is 2.36 bits per heavy atom. The Morgan fingerprint density at radius 2 is 2.00 bits per heavy atom. The molecule has 0 spiro atoms. The molecule has 5 heteroatoms. The van der Waals surface area contributed by atoms with Crippen LogP contribution < -0.4 is 0 Å². The summed E-state index contributed by atoms with van der Waals surface area (Å²) in [5.41, 5.74) is -0.597. The van der Waals surface area contributed by atoms with Crippen molar-refractivity contribution in [2.24, 2.45) is 5.92 Å². The van der Waals surface area contributed by atoms with Gasteiger partial charge in [0.2, 0.25) is 0 Å². The molecular formula is C9H16BF3N-. The minimum atomic E-state index is -4.87. The summed E-state index contributed by atoms with van der Waals surface area (Å²) in [4.78, 5) is 1.75. The van der Waals surface area contributed by atoms with E-state index in [1.807, 2.05) is 6.92 Å². The highest BCUT2D eigenvalue weighted by Gasteiger charge is 2.33. The number of halogens is 3. The average Bonchev–Trinajstić information content (AvgIpc) is 2.83. The second-order valence-electron chi connectivity index (χ2n) is 4.23. The van der Waals surface area contributed by atoms with Gasteiger partial charge in [-0.25, -0.2) is 0 Å². The molecule has 1 atom stereocenters. The molecule has 0 aromatic carbocycles. The molecule has 0 bridgehead atoms. The first-order chi connectivity index (χ1) is 6.32. The van der Waals surface area contributed by atoms with Gasteiger partial charge in [0.15, 0.2) is 0 Å². The van der Waals surface area contributed by atoms with Gasteiger partial charge in [-0.3, -0.25) is 0 Å². The van der Waals surface area contributed by atoms with Crippen LogP contribution in [0.2, 0.25) is 0 Å². The fourth-order valence-corrected chi connectivity index (χ4v) is 1.51. The Bertz CT molecular complexity index is 223. The second-order valence-corrected chi connectivity index (χ2v) is 4.23. The van der Waals surface area contributed by atoms with Gasteiger partial charge in [0.1, 0.15) is 0 Å². The lowest BCUT2D eigenvalue weighted by molar-refractivity contribution is 0.252. The van der Waals surface area contributed by atoms with Gasteiger partial charge < -0.3 is 17.8 Å². The third kappa shape index (κ3) is 3.05. The lowest BCUT2D eigenvalue weighted by Gasteiger charge is -2.29. The molecule has 0 saturated heterocycles. The van der Waals surface area contributed by atoms with Crippen molar-refractivity contribution < 1.29 is 12.9 Å². The third-order valence-electron chi connectivity index (χ3n) is 2.91. The number of rotatable bonds is 5. The molecule has 0 radical (unpaired) electrons. The first kappa shape index (κ1) is 11.6. The van der Waals surface area contributed by atoms with E-state index >= 15 is 0 Å². The summed E-state index contributed by atoms with van der Waals surface area (Å²) in [5.74, 6) is 0.591. The smallest absolute Gasteiger partial charge is 0.445 e. The van der Waals surface area contributed by atoms with E-state index in [-0.39, 0.29) is 12.6 Å². The van der Waals surface area contributed by atoms with E-state index in [9.17, 15) is 12.9 Å². The van der Waals surface area contributed by atoms with Gasteiger partial charge in [-0.2, -0.15) is 0 Å². The fourth-order valence-electron chi connectivity index (χ4n) is 1.51. The predicted molar refractivity (Wildman–Crippen MR) is 53.0 cm³/mol. The molecule has 0 aromatic rings. The Hall–Kier alpha value is -0.445. The van der Waals surface area contributed by atoms with Gasteiger partial charge in [0.05, 0.1) is 0 Å². The van der Waals surface area contributed by atoms with E-state index in [4.69, 9.17) is 0 Å². The summed E-state index contributed by atoms with van der Waals surface area (Å²) in [7, 11) is 1.73. The molecule has 1 nitrogen and oxygen atoms in total. The fraction of sp³-hybridized carbons (Fsp3) is 0.778. The van der Waals surface area contributed by atoms with E-state index in [2.05, 4.69) is 6.58 Å². The van der Waals surface area contributed by atoms with E-state index in [1.54, 1.807) is 11.9 Å². The highest BCUT2D eigenvalue weighted by Crippen LogP contribution is 2.35. The van der Waals surface area contributed by atoms with Crippen LogP contribution in [0, 0.1) is 5.92 Å². The van der Waals surface area contributed by atoms with Crippen molar-refractivity contribution in [3.63, 3.8) is 0 Å². The van der Waals surface area contributed by atoms with Crippen LogP contribution in [0.1, 0.15) is 19.8 Å². The Morgan fingerprint density at radius 1 is 1.50 bits per heavy atom. The summed E-state index contributed by atoms with van der Waals surface area (Å²) in [6.45, 7) is 0.148. The molecule has 82 valence electrons. The first-order valence-corrected chi connectivity index (χ1v) is 4.90. The van der Waals surface area contributed by atoms with Gasteiger partial charge in [0.25, 0.3) is 0 Å². The molecule has 0 heterocycles. The summed E-state index contributed by atoms with van der Waals surface area (Å²) in [5, 5.41) is 0. The predicted octanol–water partition coefficient (Wildman–Crippen LogP) is 2.66. The minimum absolute atomic E-state index is 0.0544. The molecule has 1 fully saturated rings. The van der Waals surface area contributed by atoms with Crippen molar-refractivity contribution >= 4 is 6.98 Å². The van der Waals surface area contributed by atoms with E-state index in [0.29, 0.717) is 5.92 Å². The molecule has 0 aliphatic heterocycles. The van der Waals surface area contributed by atoms with Crippen LogP contribution in [0.5, 0.6) is 0 Å². The van der Waals surface area contributed by atoms with Crippen LogP contribution in [0.4, 0.5) is 12.9 Å². The highest BCUT2D eigenvalue weighted by molar-refractivity contribution is 6.66. The van der Waals surface area contributed by atoms with E-state index < -0.39 is 12.4 Å². The summed E-state index contributed by atoms with van der Waals surface area (Å²) >= 11 is 0. The molecule has 1 rings (SSSR count). The maximum Gasteiger partial charge on any atom is 0.506 e. The maximum atomic E-state index is 12.2. The second kappa shape index (κ2) is 3.97. The van der Waals surface area contributed by atoms with Crippen LogP contribution in [0.3, 0.4) is 0 Å². The van der Waals surface area contributed by atoms with E-state index in [1.165, 1.54) is 0 Å². The van der Waals surface area contributed by atoms with Crippen LogP contribution in [0.15, 0.2) is 12.1 Å². The van der Waals surface area contributed by atoms with Crippen molar-refractivity contribution in [2.75, 3.05) is 13.6 Å². The summed E-state index contributed by atoms with van der Waals surface area (Å²) in [6, 6.07) is 0.241. The molecule has 1 aliphatic rings. The quantitative estimate of drug-likeness (QED) is 0.625. The molecule has 1 aliphatic carbocycles. The molecule has 1 unspecified atom stereocenters. The van der Waals surface area contributed by atoms with Crippen molar-refractivity contribution in [3.05, 3.63) is 12.1 Å². The molecule has 0 aromatic heterocycles. The van der Waals surface area contributed by atoms with Crippen molar-refractivity contribution in [1.82, 2.24) is 4.90 Å². The van der Waals surface area contributed by atoms with Gasteiger partial charge >= 0.3 is 6.98 Å². The monoisotopic (exact) mass is 206 g/mol. The van der Waals surface area contributed by atoms with Crippen LogP contribution in [0.25, 0.3) is 0 Å². The van der Waals surface area contributed by atoms with Crippen molar-refractivity contribution in [1.29, 1.82) is 0 Å². The van der Waals surface area contributed by atoms with Crippen LogP contribution in [-0.2, 0) is 0 Å². The lowest BCUT2D eigenvalue weighted by atomic mass is 9.80. The van der Waals surface area contributed by atoms with Gasteiger partial charge in [-0.15, -0.1) is 12.1 Å². The zero-order valence-corrected chi connectivity index (χ0v) is 8.64. The van der Waals surface area contributed by atoms with Gasteiger partial charge in [-0.1, -0.05) is 0 Å². The number of hydrogen-bond donors (Lipinski definition) is 0. The highest BCUT2D eigenvalue weighted by atomic mass is 19.4. The number of likely N-dealkylation sites (N-methyl/N-ethyl adjacent to an activating group) is 1. The number of nitrogens with zero attached hydrogens (tertiary/aromatic N) is 1. The van der Waals surface area contributed by atoms with E-state index in [0.717, 1.165) is 12.8 Å². The third-order valence-corrected chi connectivity index (χ3v) is 2.91. The normalized spacial score (nSPS) is 19.9. The van der Waals surface area contributed by atoms with Crippen LogP contribution in [-0.4, -0.2) is 31.5 Å². The summed E-state index contributed by atoms with van der Waals surface area (Å²) < 4.78 is 36.7. The van der Waals surface area contributed by atoms with Crippen molar-refractivity contribution in [2.45, 2.75) is 25.8 Å². The van der Waals surface area contributed by atoms with Crippen molar-refractivity contribution in [3.8, 4) is 0 Å². The number of hydrogen-bond acceptors (Lipinski definition) is 1. The Kier molecular flexibility index (Phi) is 3.30. The van der Waals surface area contributed by atoms with Crippen LogP contribution >= 0.6 is 0 Å². The lowest BCUT2D eigenvalue weighted by Crippen LogP contribution is -2.36. The minimum Gasteiger partial charge on any atom is -0.445 e. The molecule has 0 N–H and O–H groups in total. The summed E-state index contributed by atoms with van der Waals surface area (Å²) in [6.07, 6.45) is 2.30.